The van der Waals surface area contributed by atoms with E-state index in [2.05, 4.69) is 17.1 Å². The van der Waals surface area contributed by atoms with Crippen molar-refractivity contribution in [1.82, 2.24) is 10.2 Å². The Labute approximate surface area is 85.8 Å². The van der Waals surface area contributed by atoms with Gasteiger partial charge in [0.1, 0.15) is 0 Å². The van der Waals surface area contributed by atoms with Crippen molar-refractivity contribution < 1.29 is 4.79 Å². The van der Waals surface area contributed by atoms with Crippen molar-refractivity contribution in [3.63, 3.8) is 0 Å². The predicted molar refractivity (Wildman–Crippen MR) is 56.0 cm³/mol. The van der Waals surface area contributed by atoms with Gasteiger partial charge in [0.05, 0.1) is 0 Å². The molecule has 1 saturated carbocycles. The van der Waals surface area contributed by atoms with Crippen LogP contribution in [0.1, 0.15) is 32.6 Å². The summed E-state index contributed by atoms with van der Waals surface area (Å²) >= 11 is 0. The number of carbonyl (C=O) groups excluding carboxylic acids is 1. The Balaban J connectivity index is 1.86. The van der Waals surface area contributed by atoms with E-state index in [0.717, 1.165) is 38.8 Å². The van der Waals surface area contributed by atoms with Crippen LogP contribution in [0.4, 0.5) is 0 Å². The molecular formula is C11H20N2O. The molecule has 0 aromatic carbocycles. The van der Waals surface area contributed by atoms with Crippen LogP contribution in [0.25, 0.3) is 0 Å². The van der Waals surface area contributed by atoms with Crippen molar-refractivity contribution in [2.75, 3.05) is 20.1 Å². The molecule has 0 bridgehead atoms. The number of likely N-dealkylation sites (tertiary alicyclic amines) is 1. The summed E-state index contributed by atoms with van der Waals surface area (Å²) in [7, 11) is 2.00. The highest BCUT2D eigenvalue weighted by molar-refractivity contribution is 5.84. The number of amides is 1. The van der Waals surface area contributed by atoms with Gasteiger partial charge < -0.3 is 10.2 Å². The molecule has 0 aromatic rings. The lowest BCUT2D eigenvalue weighted by atomic mass is 10.0. The number of rotatable bonds is 2. The highest BCUT2D eigenvalue weighted by atomic mass is 16.2. The van der Waals surface area contributed by atoms with Gasteiger partial charge in [-0.2, -0.15) is 0 Å². The topological polar surface area (TPSA) is 32.3 Å². The Morgan fingerprint density at radius 3 is 2.36 bits per heavy atom. The molecule has 0 unspecified atom stereocenters. The van der Waals surface area contributed by atoms with Crippen LogP contribution < -0.4 is 5.32 Å². The molecule has 1 N–H and O–H groups in total. The van der Waals surface area contributed by atoms with Gasteiger partial charge in [-0.25, -0.2) is 0 Å². The molecule has 1 aliphatic carbocycles. The fourth-order valence-electron chi connectivity index (χ4n) is 2.15. The molecule has 0 radical (unpaired) electrons. The van der Waals surface area contributed by atoms with Crippen LogP contribution in [0.2, 0.25) is 0 Å². The molecule has 3 nitrogen and oxygen atoms in total. The summed E-state index contributed by atoms with van der Waals surface area (Å²) in [5, 5.41) is 3.28. The normalized spacial score (nSPS) is 26.3. The van der Waals surface area contributed by atoms with Crippen LogP contribution in [0, 0.1) is 5.41 Å². The number of nitrogens with zero attached hydrogens (tertiary/aromatic N) is 1. The average Bonchev–Trinajstić information content (AvgIpc) is 2.97. The predicted octanol–water partition coefficient (Wildman–Crippen LogP) is 0.997. The maximum Gasteiger partial charge on any atom is 0.228 e. The molecule has 0 spiro atoms. The van der Waals surface area contributed by atoms with Crippen molar-refractivity contribution in [1.29, 1.82) is 0 Å². The molecule has 3 heteroatoms. The van der Waals surface area contributed by atoms with Crippen LogP contribution in [-0.4, -0.2) is 37.0 Å². The van der Waals surface area contributed by atoms with Crippen molar-refractivity contribution in [3.05, 3.63) is 0 Å². The molecule has 80 valence electrons. The largest absolute Gasteiger partial charge is 0.342 e. The first-order chi connectivity index (χ1) is 6.65. The monoisotopic (exact) mass is 196 g/mol. The van der Waals surface area contributed by atoms with E-state index < -0.39 is 0 Å². The van der Waals surface area contributed by atoms with E-state index in [1.165, 1.54) is 0 Å². The van der Waals surface area contributed by atoms with Gasteiger partial charge in [0.2, 0.25) is 5.91 Å². The molecule has 1 heterocycles. The van der Waals surface area contributed by atoms with E-state index in [4.69, 9.17) is 0 Å². The van der Waals surface area contributed by atoms with Crippen LogP contribution in [0.15, 0.2) is 0 Å². The number of piperidine rings is 1. The van der Waals surface area contributed by atoms with E-state index in [9.17, 15) is 4.79 Å². The van der Waals surface area contributed by atoms with Gasteiger partial charge in [0.15, 0.2) is 0 Å². The van der Waals surface area contributed by atoms with E-state index in [1.807, 2.05) is 7.05 Å². The van der Waals surface area contributed by atoms with E-state index in [0.29, 0.717) is 11.9 Å². The Morgan fingerprint density at radius 2 is 1.93 bits per heavy atom. The third-order valence-corrected chi connectivity index (χ3v) is 3.71. The number of carbonyl (C=O) groups is 1. The Kier molecular flexibility index (Phi) is 2.52. The van der Waals surface area contributed by atoms with Crippen molar-refractivity contribution in [2.24, 2.45) is 5.41 Å². The molecule has 1 saturated heterocycles. The van der Waals surface area contributed by atoms with Gasteiger partial charge in [-0.15, -0.1) is 0 Å². The van der Waals surface area contributed by atoms with Crippen LogP contribution in [0.5, 0.6) is 0 Å². The summed E-state index contributed by atoms with van der Waals surface area (Å²) in [6, 6.07) is 0.617. The van der Waals surface area contributed by atoms with Crippen molar-refractivity contribution in [2.45, 2.75) is 38.6 Å². The lowest BCUT2D eigenvalue weighted by Gasteiger charge is -2.33. The van der Waals surface area contributed by atoms with Crippen molar-refractivity contribution in [3.8, 4) is 0 Å². The van der Waals surface area contributed by atoms with Gasteiger partial charge in [0, 0.05) is 24.5 Å². The molecule has 1 amide bonds. The lowest BCUT2D eigenvalue weighted by Crippen LogP contribution is -2.46. The third kappa shape index (κ3) is 1.78. The molecule has 2 rings (SSSR count). The Morgan fingerprint density at radius 1 is 1.36 bits per heavy atom. The average molecular weight is 196 g/mol. The number of hydrogen-bond donors (Lipinski definition) is 1. The molecule has 0 atom stereocenters. The van der Waals surface area contributed by atoms with Crippen molar-refractivity contribution >= 4 is 5.91 Å². The van der Waals surface area contributed by atoms with Gasteiger partial charge in [-0.1, -0.05) is 6.92 Å². The van der Waals surface area contributed by atoms with Gasteiger partial charge in [-0.05, 0) is 32.7 Å². The zero-order valence-electron chi connectivity index (χ0n) is 9.18. The summed E-state index contributed by atoms with van der Waals surface area (Å²) in [5.41, 5.74) is 0.0203. The van der Waals surface area contributed by atoms with Crippen LogP contribution >= 0.6 is 0 Å². The van der Waals surface area contributed by atoms with E-state index >= 15 is 0 Å². The van der Waals surface area contributed by atoms with Crippen LogP contribution in [-0.2, 0) is 4.79 Å². The highest BCUT2D eigenvalue weighted by Crippen LogP contribution is 2.46. The second-order valence-electron chi connectivity index (χ2n) is 4.92. The summed E-state index contributed by atoms with van der Waals surface area (Å²) < 4.78 is 0. The van der Waals surface area contributed by atoms with Crippen LogP contribution in [0.3, 0.4) is 0 Å². The second kappa shape index (κ2) is 3.54. The highest BCUT2D eigenvalue weighted by Gasteiger charge is 2.47. The lowest BCUT2D eigenvalue weighted by molar-refractivity contribution is -0.137. The zero-order valence-corrected chi connectivity index (χ0v) is 9.18. The summed E-state index contributed by atoms with van der Waals surface area (Å²) in [6.45, 7) is 3.99. The molecule has 2 fully saturated rings. The van der Waals surface area contributed by atoms with E-state index in [-0.39, 0.29) is 5.41 Å². The molecule has 14 heavy (non-hydrogen) atoms. The van der Waals surface area contributed by atoms with Gasteiger partial charge in [-0.3, -0.25) is 4.79 Å². The first-order valence-corrected chi connectivity index (χ1v) is 5.62. The maximum absolute atomic E-state index is 12.0. The summed E-state index contributed by atoms with van der Waals surface area (Å²) in [6.07, 6.45) is 4.41. The Hall–Kier alpha value is -0.570. The molecule has 2 aliphatic rings. The third-order valence-electron chi connectivity index (χ3n) is 3.71. The molecule has 0 aromatic heterocycles. The minimum atomic E-state index is 0.0203. The first kappa shape index (κ1) is 9.97. The molecular weight excluding hydrogens is 176 g/mol. The summed E-state index contributed by atoms with van der Waals surface area (Å²) in [5.74, 6) is 0.395. The molecule has 1 aliphatic heterocycles. The number of nitrogens with one attached hydrogen (secondary N) is 1. The maximum atomic E-state index is 12.0. The number of hydrogen-bond acceptors (Lipinski definition) is 2. The first-order valence-electron chi connectivity index (χ1n) is 5.62. The van der Waals surface area contributed by atoms with Gasteiger partial charge >= 0.3 is 0 Å². The quantitative estimate of drug-likeness (QED) is 0.714. The Bertz CT molecular complexity index is 227. The SMILES string of the molecule is CNC1CCN(C(=O)C2(C)CC2)CC1. The minimum absolute atomic E-state index is 0.0203. The zero-order chi connectivity index (χ0) is 10.2. The second-order valence-corrected chi connectivity index (χ2v) is 4.92. The fraction of sp³-hybridized carbons (Fsp3) is 0.909. The van der Waals surface area contributed by atoms with Gasteiger partial charge in [0.25, 0.3) is 0 Å². The standard InChI is InChI=1S/C11H20N2O/c1-11(5-6-11)10(14)13-7-3-9(12-2)4-8-13/h9,12H,3-8H2,1-2H3. The minimum Gasteiger partial charge on any atom is -0.342 e. The summed E-state index contributed by atoms with van der Waals surface area (Å²) in [4.78, 5) is 14.0. The fourth-order valence-corrected chi connectivity index (χ4v) is 2.15. The van der Waals surface area contributed by atoms with E-state index in [1.54, 1.807) is 0 Å². The smallest absolute Gasteiger partial charge is 0.228 e.